The van der Waals surface area contributed by atoms with Gasteiger partial charge in [0.1, 0.15) is 0 Å². The first-order valence-corrected chi connectivity index (χ1v) is 6.74. The van der Waals surface area contributed by atoms with E-state index in [9.17, 15) is 4.79 Å². The van der Waals surface area contributed by atoms with Gasteiger partial charge in [0.15, 0.2) is 18.1 Å². The lowest BCUT2D eigenvalue weighted by Gasteiger charge is -2.14. The Morgan fingerprint density at radius 3 is 2.60 bits per heavy atom. The highest BCUT2D eigenvalue weighted by atomic mass is 79.9. The van der Waals surface area contributed by atoms with Gasteiger partial charge < -0.3 is 20.5 Å². The number of carbonyl (C=O) groups excluding carboxylic acids is 1. The molecule has 1 amide bonds. The van der Waals surface area contributed by atoms with E-state index in [1.807, 2.05) is 12.1 Å². The van der Waals surface area contributed by atoms with E-state index in [4.69, 9.17) is 15.2 Å². The fourth-order valence-corrected chi connectivity index (χ4v) is 2.08. The molecule has 0 saturated carbocycles. The van der Waals surface area contributed by atoms with Gasteiger partial charge >= 0.3 is 0 Å². The molecule has 1 aromatic carbocycles. The maximum atomic E-state index is 10.8. The molecule has 7 heteroatoms. The third-order valence-electron chi connectivity index (χ3n) is 2.36. The summed E-state index contributed by atoms with van der Waals surface area (Å²) in [4.78, 5) is 10.8. The van der Waals surface area contributed by atoms with Crippen LogP contribution >= 0.6 is 28.3 Å². The van der Waals surface area contributed by atoms with Crippen molar-refractivity contribution in [3.05, 3.63) is 22.2 Å². The summed E-state index contributed by atoms with van der Waals surface area (Å²) in [6.45, 7) is 4.70. The second-order valence-corrected chi connectivity index (χ2v) is 5.25. The van der Waals surface area contributed by atoms with Crippen LogP contribution < -0.4 is 20.5 Å². The number of methoxy groups -OCH3 is 1. The molecule has 0 atom stereocenters. The molecule has 114 valence electrons. The van der Waals surface area contributed by atoms with Crippen LogP contribution in [0.1, 0.15) is 19.4 Å². The molecule has 0 bridgehead atoms. The van der Waals surface area contributed by atoms with Crippen molar-refractivity contribution in [2.75, 3.05) is 13.7 Å². The van der Waals surface area contributed by atoms with Crippen LogP contribution in [-0.2, 0) is 11.3 Å². The molecule has 20 heavy (non-hydrogen) atoms. The topological polar surface area (TPSA) is 73.6 Å². The van der Waals surface area contributed by atoms with Gasteiger partial charge in [-0.2, -0.15) is 0 Å². The van der Waals surface area contributed by atoms with Gasteiger partial charge in [-0.15, -0.1) is 12.4 Å². The number of hydrogen-bond donors (Lipinski definition) is 2. The zero-order valence-corrected chi connectivity index (χ0v) is 14.1. The van der Waals surface area contributed by atoms with E-state index in [1.165, 1.54) is 0 Å². The van der Waals surface area contributed by atoms with E-state index in [0.717, 1.165) is 16.6 Å². The second kappa shape index (κ2) is 9.05. The highest BCUT2D eigenvalue weighted by Gasteiger charge is 2.12. The lowest BCUT2D eigenvalue weighted by molar-refractivity contribution is -0.119. The summed E-state index contributed by atoms with van der Waals surface area (Å²) in [5.74, 6) is 0.519. The van der Waals surface area contributed by atoms with Crippen molar-refractivity contribution >= 4 is 34.2 Å². The van der Waals surface area contributed by atoms with Crippen molar-refractivity contribution < 1.29 is 14.3 Å². The van der Waals surface area contributed by atoms with Gasteiger partial charge in [0, 0.05) is 12.6 Å². The van der Waals surface area contributed by atoms with Crippen molar-refractivity contribution in [3.63, 3.8) is 0 Å². The molecule has 0 spiro atoms. The number of nitrogens with one attached hydrogen (secondary N) is 1. The van der Waals surface area contributed by atoms with Gasteiger partial charge in [0.2, 0.25) is 0 Å². The molecule has 0 aliphatic rings. The summed E-state index contributed by atoms with van der Waals surface area (Å²) >= 11 is 3.41. The summed E-state index contributed by atoms with van der Waals surface area (Å²) in [6, 6.07) is 4.19. The van der Waals surface area contributed by atoms with Crippen molar-refractivity contribution in [2.45, 2.75) is 26.4 Å². The van der Waals surface area contributed by atoms with Crippen molar-refractivity contribution in [1.82, 2.24) is 5.32 Å². The molecule has 1 rings (SSSR count). The minimum atomic E-state index is -0.528. The third-order valence-corrected chi connectivity index (χ3v) is 2.95. The van der Waals surface area contributed by atoms with Gasteiger partial charge in [-0.3, -0.25) is 4.79 Å². The van der Waals surface area contributed by atoms with Gasteiger partial charge in [-0.05, 0) is 33.6 Å². The molecule has 0 saturated heterocycles. The normalized spacial score (nSPS) is 10.1. The Kier molecular flexibility index (Phi) is 8.60. The molecule has 0 aliphatic heterocycles. The molecule has 0 aromatic heterocycles. The number of nitrogens with two attached hydrogens (primary N) is 1. The fraction of sp³-hybridized carbons (Fsp3) is 0.462. The minimum absolute atomic E-state index is 0. The predicted octanol–water partition coefficient (Wildman–Crippen LogP) is 2.24. The first kappa shape index (κ1) is 19.0. The molecule has 5 nitrogen and oxygen atoms in total. The number of rotatable bonds is 7. The van der Waals surface area contributed by atoms with Gasteiger partial charge in [0.25, 0.3) is 5.91 Å². The number of carbonyl (C=O) groups is 1. The molecule has 0 heterocycles. The minimum Gasteiger partial charge on any atom is -0.493 e. The zero-order valence-electron chi connectivity index (χ0n) is 11.7. The molecule has 0 unspecified atom stereocenters. The van der Waals surface area contributed by atoms with E-state index < -0.39 is 5.91 Å². The van der Waals surface area contributed by atoms with Crippen LogP contribution in [0.15, 0.2) is 16.6 Å². The Bertz CT molecular complexity index is 455. The van der Waals surface area contributed by atoms with E-state index in [-0.39, 0.29) is 19.0 Å². The van der Waals surface area contributed by atoms with Crippen LogP contribution in [0.4, 0.5) is 0 Å². The van der Waals surface area contributed by atoms with E-state index in [0.29, 0.717) is 17.5 Å². The summed E-state index contributed by atoms with van der Waals surface area (Å²) in [5.41, 5.74) is 6.12. The maximum Gasteiger partial charge on any atom is 0.255 e. The second-order valence-electron chi connectivity index (χ2n) is 4.40. The van der Waals surface area contributed by atoms with Crippen LogP contribution in [0.5, 0.6) is 11.5 Å². The van der Waals surface area contributed by atoms with Crippen LogP contribution in [0.25, 0.3) is 0 Å². The van der Waals surface area contributed by atoms with Gasteiger partial charge in [-0.25, -0.2) is 0 Å². The number of primary amides is 1. The van der Waals surface area contributed by atoms with E-state index in [1.54, 1.807) is 7.11 Å². The lowest BCUT2D eigenvalue weighted by Crippen LogP contribution is -2.22. The smallest absolute Gasteiger partial charge is 0.255 e. The van der Waals surface area contributed by atoms with Crippen LogP contribution in [0.3, 0.4) is 0 Å². The number of ether oxygens (including phenoxy) is 2. The highest BCUT2D eigenvalue weighted by Crippen LogP contribution is 2.36. The Morgan fingerprint density at radius 2 is 2.10 bits per heavy atom. The monoisotopic (exact) mass is 366 g/mol. The maximum absolute atomic E-state index is 10.8. The highest BCUT2D eigenvalue weighted by molar-refractivity contribution is 9.10. The Balaban J connectivity index is 0.00000361. The zero-order chi connectivity index (χ0) is 14.4. The number of halogens is 2. The largest absolute Gasteiger partial charge is 0.493 e. The summed E-state index contributed by atoms with van der Waals surface area (Å²) in [5, 5.41) is 3.32. The SMILES string of the molecule is COc1cc(CNC(C)C)cc(Br)c1OCC(N)=O.Cl. The summed E-state index contributed by atoms with van der Waals surface area (Å²) in [6.07, 6.45) is 0. The Morgan fingerprint density at radius 1 is 1.45 bits per heavy atom. The van der Waals surface area contributed by atoms with Gasteiger partial charge in [0.05, 0.1) is 11.6 Å². The molecule has 3 N–H and O–H groups in total. The molecule has 0 aliphatic carbocycles. The Hall–Kier alpha value is -0.980. The first-order chi connectivity index (χ1) is 8.93. The van der Waals surface area contributed by atoms with Crippen LogP contribution in [0.2, 0.25) is 0 Å². The molecular weight excluding hydrogens is 348 g/mol. The predicted molar refractivity (Wildman–Crippen MR) is 84.6 cm³/mol. The standard InChI is InChI=1S/C13H19BrN2O3.ClH/c1-8(2)16-6-9-4-10(14)13(11(5-9)18-3)19-7-12(15)17;/h4-5,8,16H,6-7H2,1-3H3,(H2,15,17);1H. The summed E-state index contributed by atoms with van der Waals surface area (Å²) in [7, 11) is 1.55. The average molecular weight is 368 g/mol. The quantitative estimate of drug-likeness (QED) is 0.775. The number of amides is 1. The lowest BCUT2D eigenvalue weighted by atomic mass is 10.2. The Labute approximate surface area is 133 Å². The van der Waals surface area contributed by atoms with Crippen molar-refractivity contribution in [3.8, 4) is 11.5 Å². The van der Waals surface area contributed by atoms with Crippen LogP contribution in [-0.4, -0.2) is 25.7 Å². The van der Waals surface area contributed by atoms with E-state index in [2.05, 4.69) is 35.1 Å². The number of hydrogen-bond acceptors (Lipinski definition) is 4. The molecular formula is C13H20BrClN2O3. The fourth-order valence-electron chi connectivity index (χ4n) is 1.48. The average Bonchev–Trinajstić information content (AvgIpc) is 2.34. The van der Waals surface area contributed by atoms with Crippen LogP contribution in [0, 0.1) is 0 Å². The van der Waals surface area contributed by atoms with Gasteiger partial charge in [-0.1, -0.05) is 13.8 Å². The van der Waals surface area contributed by atoms with Crippen molar-refractivity contribution in [1.29, 1.82) is 0 Å². The molecule has 0 radical (unpaired) electrons. The molecule has 1 aromatic rings. The van der Waals surface area contributed by atoms with Crippen molar-refractivity contribution in [2.24, 2.45) is 5.73 Å². The third kappa shape index (κ3) is 5.98. The van der Waals surface area contributed by atoms with E-state index >= 15 is 0 Å². The molecule has 0 fully saturated rings. The number of benzene rings is 1. The first-order valence-electron chi connectivity index (χ1n) is 5.95. The summed E-state index contributed by atoms with van der Waals surface area (Å²) < 4.78 is 11.3.